The lowest BCUT2D eigenvalue weighted by Crippen LogP contribution is -2.53. The molecule has 0 bridgehead atoms. The summed E-state index contributed by atoms with van der Waals surface area (Å²) in [5, 5.41) is 0. The van der Waals surface area contributed by atoms with Gasteiger partial charge in [0.05, 0.1) is 0 Å². The van der Waals surface area contributed by atoms with Crippen molar-refractivity contribution < 1.29 is 0 Å². The van der Waals surface area contributed by atoms with E-state index in [1.165, 1.54) is 19.3 Å². The average Bonchev–Trinajstić information content (AvgIpc) is 2.13. The summed E-state index contributed by atoms with van der Waals surface area (Å²) >= 11 is 0. The van der Waals surface area contributed by atoms with Crippen LogP contribution in [-0.2, 0) is 0 Å². The third-order valence-electron chi connectivity index (χ3n) is 4.17. The number of hydrogen-bond acceptors (Lipinski definition) is 1. The molecule has 0 saturated carbocycles. The van der Waals surface area contributed by atoms with Gasteiger partial charge < -0.3 is 0 Å². The van der Waals surface area contributed by atoms with Crippen LogP contribution in [-0.4, -0.2) is 23.0 Å². The molecule has 0 unspecified atom stereocenters. The van der Waals surface area contributed by atoms with Gasteiger partial charge in [-0.25, -0.2) is 0 Å². The molecule has 0 rings (SSSR count). The molecular weight excluding hydrogens is 194 g/mol. The fourth-order valence-electron chi connectivity index (χ4n) is 1.91. The van der Waals surface area contributed by atoms with Gasteiger partial charge in [-0.1, -0.05) is 27.7 Å². The van der Waals surface area contributed by atoms with Crippen LogP contribution in [0.1, 0.15) is 74.7 Å². The number of rotatable bonds is 5. The SMILES string of the molecule is CCC(C)(C)N(C)C(C)(C)CCC(C)(C)C. The monoisotopic (exact) mass is 227 g/mol. The molecule has 16 heavy (non-hydrogen) atoms. The van der Waals surface area contributed by atoms with Crippen molar-refractivity contribution in [2.75, 3.05) is 7.05 Å². The molecule has 0 aliphatic carbocycles. The molecule has 0 aromatic rings. The maximum atomic E-state index is 2.55. The van der Waals surface area contributed by atoms with Crippen molar-refractivity contribution in [2.24, 2.45) is 5.41 Å². The van der Waals surface area contributed by atoms with Gasteiger partial charge in [0.2, 0.25) is 0 Å². The first-order valence-corrected chi connectivity index (χ1v) is 6.66. The highest BCUT2D eigenvalue weighted by atomic mass is 15.2. The Morgan fingerprint density at radius 1 is 0.750 bits per heavy atom. The molecule has 0 atom stereocenters. The normalized spacial score (nSPS) is 14.6. The molecule has 0 aromatic heterocycles. The number of nitrogens with zero attached hydrogens (tertiary/aromatic N) is 1. The second-order valence-corrected chi connectivity index (χ2v) is 7.60. The quantitative estimate of drug-likeness (QED) is 0.657. The van der Waals surface area contributed by atoms with Crippen molar-refractivity contribution in [3.8, 4) is 0 Å². The molecule has 0 heterocycles. The summed E-state index contributed by atoms with van der Waals surface area (Å²) in [7, 11) is 2.27. The molecule has 0 aliphatic heterocycles. The van der Waals surface area contributed by atoms with Crippen LogP contribution in [0.15, 0.2) is 0 Å². The van der Waals surface area contributed by atoms with E-state index >= 15 is 0 Å². The Morgan fingerprint density at radius 3 is 1.50 bits per heavy atom. The van der Waals surface area contributed by atoms with Crippen molar-refractivity contribution in [3.63, 3.8) is 0 Å². The van der Waals surface area contributed by atoms with Crippen molar-refractivity contribution in [3.05, 3.63) is 0 Å². The summed E-state index contributed by atoms with van der Waals surface area (Å²) in [6.07, 6.45) is 3.74. The minimum atomic E-state index is 0.285. The highest BCUT2D eigenvalue weighted by molar-refractivity contribution is 4.90. The second kappa shape index (κ2) is 5.08. The van der Waals surface area contributed by atoms with E-state index in [1.54, 1.807) is 0 Å². The van der Waals surface area contributed by atoms with E-state index in [9.17, 15) is 0 Å². The standard InChI is InChI=1S/C15H33N/c1-10-14(5,6)16(9)15(7,8)12-11-13(2,3)4/h10-12H2,1-9H3. The van der Waals surface area contributed by atoms with Crippen molar-refractivity contribution in [1.29, 1.82) is 0 Å². The summed E-state index contributed by atoms with van der Waals surface area (Å²) in [5.74, 6) is 0. The molecule has 0 amide bonds. The van der Waals surface area contributed by atoms with Crippen LogP contribution in [0.3, 0.4) is 0 Å². The Bertz CT molecular complexity index is 208. The van der Waals surface area contributed by atoms with E-state index in [0.717, 1.165) is 0 Å². The maximum absolute atomic E-state index is 2.55. The Hall–Kier alpha value is -0.0400. The van der Waals surface area contributed by atoms with Crippen LogP contribution in [0.25, 0.3) is 0 Å². The van der Waals surface area contributed by atoms with E-state index in [-0.39, 0.29) is 5.54 Å². The Balaban J connectivity index is 4.54. The lowest BCUT2D eigenvalue weighted by molar-refractivity contribution is 0.0294. The van der Waals surface area contributed by atoms with Gasteiger partial charge in [0, 0.05) is 11.1 Å². The molecule has 0 aliphatic rings. The molecular formula is C15H33N. The number of hydrogen-bond donors (Lipinski definition) is 0. The highest BCUT2D eigenvalue weighted by Crippen LogP contribution is 2.32. The highest BCUT2D eigenvalue weighted by Gasteiger charge is 2.33. The molecule has 0 saturated heterocycles. The van der Waals surface area contributed by atoms with Crippen LogP contribution < -0.4 is 0 Å². The topological polar surface area (TPSA) is 3.24 Å². The summed E-state index contributed by atoms with van der Waals surface area (Å²) in [4.78, 5) is 2.55. The summed E-state index contributed by atoms with van der Waals surface area (Å²) in [6.45, 7) is 18.7. The first kappa shape index (κ1) is 16.0. The van der Waals surface area contributed by atoms with Crippen LogP contribution in [0.2, 0.25) is 0 Å². The van der Waals surface area contributed by atoms with Gasteiger partial charge in [-0.05, 0) is 59.4 Å². The van der Waals surface area contributed by atoms with Crippen molar-refractivity contribution in [1.82, 2.24) is 4.90 Å². The third kappa shape index (κ3) is 4.86. The average molecular weight is 227 g/mol. The second-order valence-electron chi connectivity index (χ2n) is 7.60. The van der Waals surface area contributed by atoms with Gasteiger partial charge in [0.1, 0.15) is 0 Å². The van der Waals surface area contributed by atoms with E-state index in [1.807, 2.05) is 0 Å². The predicted molar refractivity (Wildman–Crippen MR) is 74.9 cm³/mol. The van der Waals surface area contributed by atoms with Crippen molar-refractivity contribution >= 4 is 0 Å². The first-order chi connectivity index (χ1) is 6.92. The van der Waals surface area contributed by atoms with Crippen molar-refractivity contribution in [2.45, 2.75) is 85.7 Å². The van der Waals surface area contributed by atoms with Gasteiger partial charge >= 0.3 is 0 Å². The zero-order chi connectivity index (χ0) is 13.2. The molecule has 1 heteroatoms. The zero-order valence-corrected chi connectivity index (χ0v) is 13.1. The zero-order valence-electron chi connectivity index (χ0n) is 13.1. The fourth-order valence-corrected chi connectivity index (χ4v) is 1.91. The molecule has 98 valence electrons. The minimum absolute atomic E-state index is 0.285. The molecule has 0 N–H and O–H groups in total. The van der Waals surface area contributed by atoms with E-state index in [0.29, 0.717) is 11.0 Å². The van der Waals surface area contributed by atoms with Gasteiger partial charge in [-0.2, -0.15) is 0 Å². The fraction of sp³-hybridized carbons (Fsp3) is 1.00. The lowest BCUT2D eigenvalue weighted by atomic mass is 9.82. The predicted octanol–water partition coefficient (Wildman–Crippen LogP) is 4.71. The Kier molecular flexibility index (Phi) is 5.07. The summed E-state index contributed by atoms with van der Waals surface area (Å²) < 4.78 is 0. The van der Waals surface area contributed by atoms with Crippen LogP contribution >= 0.6 is 0 Å². The van der Waals surface area contributed by atoms with E-state index in [2.05, 4.69) is 67.3 Å². The Labute approximate surface area is 104 Å². The largest absolute Gasteiger partial charge is 0.296 e. The Morgan fingerprint density at radius 2 is 1.19 bits per heavy atom. The van der Waals surface area contributed by atoms with Crippen LogP contribution in [0.4, 0.5) is 0 Å². The third-order valence-corrected chi connectivity index (χ3v) is 4.17. The first-order valence-electron chi connectivity index (χ1n) is 6.66. The lowest BCUT2D eigenvalue weighted by Gasteiger charge is -2.47. The minimum Gasteiger partial charge on any atom is -0.296 e. The van der Waals surface area contributed by atoms with E-state index < -0.39 is 0 Å². The van der Waals surface area contributed by atoms with Gasteiger partial charge in [0.25, 0.3) is 0 Å². The molecule has 0 spiro atoms. The van der Waals surface area contributed by atoms with Gasteiger partial charge in [-0.3, -0.25) is 4.90 Å². The van der Waals surface area contributed by atoms with Gasteiger partial charge in [0.15, 0.2) is 0 Å². The summed E-state index contributed by atoms with van der Waals surface area (Å²) in [5.41, 5.74) is 1.02. The molecule has 0 fully saturated rings. The molecule has 1 nitrogen and oxygen atoms in total. The van der Waals surface area contributed by atoms with E-state index in [4.69, 9.17) is 0 Å². The molecule has 0 aromatic carbocycles. The molecule has 0 radical (unpaired) electrons. The van der Waals surface area contributed by atoms with Crippen LogP contribution in [0, 0.1) is 5.41 Å². The smallest absolute Gasteiger partial charge is 0.0155 e. The summed E-state index contributed by atoms with van der Waals surface area (Å²) in [6, 6.07) is 0. The van der Waals surface area contributed by atoms with Crippen LogP contribution in [0.5, 0.6) is 0 Å². The maximum Gasteiger partial charge on any atom is 0.0155 e. The van der Waals surface area contributed by atoms with Gasteiger partial charge in [-0.15, -0.1) is 0 Å².